The van der Waals surface area contributed by atoms with Gasteiger partial charge in [0.25, 0.3) is 0 Å². The maximum Gasteiger partial charge on any atom is 0.134 e. The number of nitrogens with zero attached hydrogens (tertiary/aromatic N) is 3. The summed E-state index contributed by atoms with van der Waals surface area (Å²) in [6.07, 6.45) is 4.16. The largest absolute Gasteiger partial charge is 0.365 e. The number of anilines is 2. The lowest BCUT2D eigenvalue weighted by Crippen LogP contribution is -2.19. The Morgan fingerprint density at radius 2 is 2.16 bits per heavy atom. The monoisotopic (exact) mass is 338 g/mol. The van der Waals surface area contributed by atoms with Crippen LogP contribution in [0.15, 0.2) is 28.3 Å². The molecular weight excluding hydrogens is 324 g/mol. The minimum absolute atomic E-state index is 0.786. The Bertz CT molecular complexity index is 551. The molecule has 0 amide bonds. The highest BCUT2D eigenvalue weighted by molar-refractivity contribution is 9.10. The second-order valence-corrected chi connectivity index (χ2v) is 6.36. The van der Waals surface area contributed by atoms with Gasteiger partial charge in [-0.1, -0.05) is 0 Å². The zero-order chi connectivity index (χ0) is 13.1. The molecule has 3 rings (SSSR count). The molecule has 1 N–H and O–H groups in total. The molecule has 0 saturated carbocycles. The van der Waals surface area contributed by atoms with Crippen LogP contribution in [0.2, 0.25) is 0 Å². The van der Waals surface area contributed by atoms with Crippen molar-refractivity contribution < 1.29 is 0 Å². The van der Waals surface area contributed by atoms with E-state index in [0.717, 1.165) is 35.7 Å². The van der Waals surface area contributed by atoms with Gasteiger partial charge >= 0.3 is 0 Å². The van der Waals surface area contributed by atoms with Crippen LogP contribution < -0.4 is 10.2 Å². The van der Waals surface area contributed by atoms with Gasteiger partial charge < -0.3 is 10.2 Å². The SMILES string of the molecule is Brc1ccsc1CNc1cc(N2CCCC2)ncn1. The van der Waals surface area contributed by atoms with E-state index in [1.165, 1.54) is 17.7 Å². The molecule has 0 bridgehead atoms. The van der Waals surface area contributed by atoms with E-state index in [0.29, 0.717) is 0 Å². The molecule has 0 aromatic carbocycles. The third-order valence-electron chi connectivity index (χ3n) is 3.20. The van der Waals surface area contributed by atoms with Gasteiger partial charge in [-0.15, -0.1) is 11.3 Å². The summed E-state index contributed by atoms with van der Waals surface area (Å²) < 4.78 is 1.15. The molecule has 0 atom stereocenters. The van der Waals surface area contributed by atoms with E-state index in [1.807, 2.05) is 6.07 Å². The summed E-state index contributed by atoms with van der Waals surface area (Å²) in [5.41, 5.74) is 0. The van der Waals surface area contributed by atoms with Crippen molar-refractivity contribution in [3.05, 3.63) is 33.2 Å². The highest BCUT2D eigenvalue weighted by atomic mass is 79.9. The molecule has 1 saturated heterocycles. The number of aromatic nitrogens is 2. The van der Waals surface area contributed by atoms with Gasteiger partial charge in [-0.25, -0.2) is 9.97 Å². The van der Waals surface area contributed by atoms with Crippen molar-refractivity contribution in [3.63, 3.8) is 0 Å². The van der Waals surface area contributed by atoms with Crippen molar-refractivity contribution in [1.29, 1.82) is 0 Å². The Morgan fingerprint density at radius 1 is 1.32 bits per heavy atom. The normalized spacial score (nSPS) is 14.9. The van der Waals surface area contributed by atoms with Crippen LogP contribution in [0.4, 0.5) is 11.6 Å². The van der Waals surface area contributed by atoms with Crippen LogP contribution in [-0.2, 0) is 6.54 Å². The van der Waals surface area contributed by atoms with Gasteiger partial charge in [0.15, 0.2) is 0 Å². The molecule has 2 aromatic rings. The van der Waals surface area contributed by atoms with Gasteiger partial charge in [0.05, 0.1) is 6.54 Å². The highest BCUT2D eigenvalue weighted by Crippen LogP contribution is 2.24. The maximum absolute atomic E-state index is 4.35. The first kappa shape index (κ1) is 12.9. The first-order valence-electron chi connectivity index (χ1n) is 6.35. The smallest absolute Gasteiger partial charge is 0.134 e. The van der Waals surface area contributed by atoms with Gasteiger partial charge in [0, 0.05) is 28.5 Å². The molecule has 100 valence electrons. The Hall–Kier alpha value is -1.14. The van der Waals surface area contributed by atoms with E-state index < -0.39 is 0 Å². The van der Waals surface area contributed by atoms with E-state index in [1.54, 1.807) is 17.7 Å². The van der Waals surface area contributed by atoms with Gasteiger partial charge in [0.1, 0.15) is 18.0 Å². The Morgan fingerprint density at radius 3 is 2.89 bits per heavy atom. The number of thiophene rings is 1. The van der Waals surface area contributed by atoms with E-state index in [2.05, 4.69) is 47.6 Å². The fourth-order valence-corrected chi connectivity index (χ4v) is 3.62. The van der Waals surface area contributed by atoms with Crippen molar-refractivity contribution in [2.75, 3.05) is 23.3 Å². The quantitative estimate of drug-likeness (QED) is 0.926. The standard InChI is InChI=1S/C13H15BrN4S/c14-10-3-6-19-11(10)8-15-12-7-13(17-9-16-12)18-4-1-2-5-18/h3,6-7,9H,1-2,4-5,8H2,(H,15,16,17). The molecule has 0 unspecified atom stereocenters. The molecule has 1 fully saturated rings. The molecule has 19 heavy (non-hydrogen) atoms. The highest BCUT2D eigenvalue weighted by Gasteiger charge is 2.14. The molecule has 0 aliphatic carbocycles. The fourth-order valence-electron chi connectivity index (χ4n) is 2.18. The second-order valence-electron chi connectivity index (χ2n) is 4.50. The number of hydrogen-bond acceptors (Lipinski definition) is 5. The van der Waals surface area contributed by atoms with E-state index in [-0.39, 0.29) is 0 Å². The average Bonchev–Trinajstić information content (AvgIpc) is 3.08. The summed E-state index contributed by atoms with van der Waals surface area (Å²) in [5.74, 6) is 1.91. The topological polar surface area (TPSA) is 41.0 Å². The molecule has 1 aliphatic rings. The van der Waals surface area contributed by atoms with Crippen LogP contribution in [0.3, 0.4) is 0 Å². The summed E-state index contributed by atoms with van der Waals surface area (Å²) in [5, 5.41) is 5.43. The second kappa shape index (κ2) is 5.88. The van der Waals surface area contributed by atoms with E-state index in [4.69, 9.17) is 0 Å². The van der Waals surface area contributed by atoms with Gasteiger partial charge in [-0.2, -0.15) is 0 Å². The van der Waals surface area contributed by atoms with Crippen LogP contribution in [0.25, 0.3) is 0 Å². The van der Waals surface area contributed by atoms with Crippen molar-refractivity contribution in [1.82, 2.24) is 9.97 Å². The van der Waals surface area contributed by atoms with Crippen molar-refractivity contribution in [3.8, 4) is 0 Å². The Kier molecular flexibility index (Phi) is 3.98. The van der Waals surface area contributed by atoms with E-state index >= 15 is 0 Å². The zero-order valence-corrected chi connectivity index (χ0v) is 12.9. The first-order chi connectivity index (χ1) is 9.33. The van der Waals surface area contributed by atoms with Crippen LogP contribution >= 0.6 is 27.3 Å². The predicted octanol–water partition coefficient (Wildman–Crippen LogP) is 3.51. The maximum atomic E-state index is 4.35. The Labute approximate surface area is 125 Å². The number of nitrogens with one attached hydrogen (secondary N) is 1. The molecule has 0 spiro atoms. The lowest BCUT2D eigenvalue weighted by Gasteiger charge is -2.16. The molecule has 0 radical (unpaired) electrons. The number of rotatable bonds is 4. The molecule has 4 nitrogen and oxygen atoms in total. The molecule has 3 heterocycles. The van der Waals surface area contributed by atoms with E-state index in [9.17, 15) is 0 Å². The third kappa shape index (κ3) is 3.06. The third-order valence-corrected chi connectivity index (χ3v) is 5.13. The number of hydrogen-bond donors (Lipinski definition) is 1. The molecule has 1 aliphatic heterocycles. The Balaban J connectivity index is 1.67. The fraction of sp³-hybridized carbons (Fsp3) is 0.385. The average molecular weight is 339 g/mol. The van der Waals surface area contributed by atoms with Gasteiger partial charge in [0.2, 0.25) is 0 Å². The van der Waals surface area contributed by atoms with Crippen molar-refractivity contribution in [2.45, 2.75) is 19.4 Å². The summed E-state index contributed by atoms with van der Waals surface area (Å²) in [6, 6.07) is 4.10. The minimum Gasteiger partial charge on any atom is -0.365 e. The molecular formula is C13H15BrN4S. The van der Waals surface area contributed by atoms with Gasteiger partial charge in [-0.05, 0) is 40.2 Å². The van der Waals surface area contributed by atoms with Crippen LogP contribution in [-0.4, -0.2) is 23.1 Å². The first-order valence-corrected chi connectivity index (χ1v) is 8.03. The summed E-state index contributed by atoms with van der Waals surface area (Å²) in [6.45, 7) is 2.99. The summed E-state index contributed by atoms with van der Waals surface area (Å²) >= 11 is 5.27. The van der Waals surface area contributed by atoms with Crippen LogP contribution in [0, 0.1) is 0 Å². The summed E-state index contributed by atoms with van der Waals surface area (Å²) in [7, 11) is 0. The van der Waals surface area contributed by atoms with Crippen LogP contribution in [0.1, 0.15) is 17.7 Å². The molecule has 6 heteroatoms. The van der Waals surface area contributed by atoms with Crippen LogP contribution in [0.5, 0.6) is 0 Å². The van der Waals surface area contributed by atoms with Gasteiger partial charge in [-0.3, -0.25) is 0 Å². The molecule has 2 aromatic heterocycles. The lowest BCUT2D eigenvalue weighted by atomic mass is 10.4. The predicted molar refractivity (Wildman–Crippen MR) is 82.8 cm³/mol. The minimum atomic E-state index is 0.786. The number of halogens is 1. The zero-order valence-electron chi connectivity index (χ0n) is 10.5. The van der Waals surface area contributed by atoms with Crippen molar-refractivity contribution >= 4 is 38.9 Å². The lowest BCUT2D eigenvalue weighted by molar-refractivity contribution is 0.926. The van der Waals surface area contributed by atoms with Crippen molar-refractivity contribution in [2.24, 2.45) is 0 Å². The summed E-state index contributed by atoms with van der Waals surface area (Å²) in [4.78, 5) is 12.2.